The molecule has 0 radical (unpaired) electrons. The van der Waals surface area contributed by atoms with Crippen LogP contribution in [0.5, 0.6) is 0 Å². The quantitative estimate of drug-likeness (QED) is 0.369. The summed E-state index contributed by atoms with van der Waals surface area (Å²) in [7, 11) is 0.116. The molecule has 1 aliphatic heterocycles. The molecule has 0 aromatic carbocycles. The van der Waals surface area contributed by atoms with E-state index in [1.54, 1.807) is 0 Å². The lowest BCUT2D eigenvalue weighted by atomic mass is 10.2. The van der Waals surface area contributed by atoms with Crippen molar-refractivity contribution in [3.8, 4) is 0 Å². The van der Waals surface area contributed by atoms with Gasteiger partial charge in [-0.05, 0) is 12.8 Å². The number of esters is 1. The van der Waals surface area contributed by atoms with Gasteiger partial charge in [0.1, 0.15) is 6.10 Å². The minimum Gasteiger partial charge on any atom is -0.457 e. The molecule has 0 saturated carbocycles. The second kappa shape index (κ2) is 4.40. The van der Waals surface area contributed by atoms with Gasteiger partial charge in [-0.2, -0.15) is 4.39 Å². The molecule has 0 N–H and O–H groups in total. The third kappa shape index (κ3) is 2.77. The first kappa shape index (κ1) is 9.44. The summed E-state index contributed by atoms with van der Waals surface area (Å²) in [6.07, 6.45) is 1.79. The van der Waals surface area contributed by atoms with Crippen LogP contribution >= 0.6 is 0 Å². The molecule has 1 fully saturated rings. The highest BCUT2D eigenvalue weighted by atomic mass is 28.2. The van der Waals surface area contributed by atoms with E-state index in [9.17, 15) is 9.18 Å². The zero-order valence-electron chi connectivity index (χ0n) is 7.01. The molecule has 0 aliphatic carbocycles. The highest BCUT2D eigenvalue weighted by Gasteiger charge is 2.19. The van der Waals surface area contributed by atoms with Crippen molar-refractivity contribution < 1.29 is 13.9 Å². The third-order valence-corrected chi connectivity index (χ3v) is 3.86. The van der Waals surface area contributed by atoms with E-state index < -0.39 is 11.8 Å². The average Bonchev–Trinajstić information content (AvgIpc) is 2.06. The van der Waals surface area contributed by atoms with Crippen LogP contribution in [0, 0.1) is 0 Å². The standard InChI is InChI=1S/C8H13FO2Si/c1-6(9)8(10)11-7-2-4-12-5-3-7/h7H,1-5,12H2. The van der Waals surface area contributed by atoms with Gasteiger partial charge >= 0.3 is 5.97 Å². The van der Waals surface area contributed by atoms with Gasteiger partial charge in [-0.3, -0.25) is 0 Å². The van der Waals surface area contributed by atoms with Crippen LogP contribution in [-0.4, -0.2) is 21.6 Å². The van der Waals surface area contributed by atoms with E-state index in [-0.39, 0.29) is 15.6 Å². The van der Waals surface area contributed by atoms with Crippen molar-refractivity contribution in [3.05, 3.63) is 12.4 Å². The normalized spacial score (nSPS) is 25.2. The fourth-order valence-electron chi connectivity index (χ4n) is 1.40. The second-order valence-electron chi connectivity index (χ2n) is 3.07. The molecular formula is C8H13FO2Si. The summed E-state index contributed by atoms with van der Waals surface area (Å²) < 4.78 is 17.1. The molecule has 0 unspecified atom stereocenters. The second-order valence-corrected chi connectivity index (χ2v) is 5.19. The Bertz CT molecular complexity index is 187. The SMILES string of the molecule is C=C(F)C(=O)OC1CC[SiH2]CC1. The van der Waals surface area contributed by atoms with Gasteiger partial charge in [-0.1, -0.05) is 18.7 Å². The van der Waals surface area contributed by atoms with Crippen LogP contribution in [0.2, 0.25) is 12.1 Å². The fourth-order valence-corrected chi connectivity index (χ4v) is 3.24. The lowest BCUT2D eigenvalue weighted by Crippen LogP contribution is -2.22. The molecule has 68 valence electrons. The molecule has 12 heavy (non-hydrogen) atoms. The predicted octanol–water partition coefficient (Wildman–Crippen LogP) is 1.18. The predicted molar refractivity (Wildman–Crippen MR) is 47.5 cm³/mol. The van der Waals surface area contributed by atoms with E-state index >= 15 is 0 Å². The van der Waals surface area contributed by atoms with Crippen LogP contribution in [-0.2, 0) is 9.53 Å². The molecule has 0 aromatic heterocycles. The minimum absolute atomic E-state index is 0.0498. The summed E-state index contributed by atoms with van der Waals surface area (Å²) in [5.74, 6) is -1.87. The lowest BCUT2D eigenvalue weighted by Gasteiger charge is -2.20. The highest BCUT2D eigenvalue weighted by molar-refractivity contribution is 6.35. The summed E-state index contributed by atoms with van der Waals surface area (Å²) >= 11 is 0. The zero-order valence-corrected chi connectivity index (χ0v) is 8.43. The van der Waals surface area contributed by atoms with E-state index in [2.05, 4.69) is 6.58 Å². The fraction of sp³-hybridized carbons (Fsp3) is 0.625. The number of halogens is 1. The Balaban J connectivity index is 2.29. The molecule has 0 spiro atoms. The van der Waals surface area contributed by atoms with Gasteiger partial charge in [0.2, 0.25) is 5.83 Å². The highest BCUT2D eigenvalue weighted by Crippen LogP contribution is 2.17. The molecule has 2 nitrogen and oxygen atoms in total. The third-order valence-electron chi connectivity index (χ3n) is 2.05. The van der Waals surface area contributed by atoms with Gasteiger partial charge in [-0.25, -0.2) is 4.79 Å². The Morgan fingerprint density at radius 1 is 1.50 bits per heavy atom. The first-order valence-corrected chi connectivity index (χ1v) is 6.25. The van der Waals surface area contributed by atoms with Crippen molar-refractivity contribution in [2.24, 2.45) is 0 Å². The zero-order chi connectivity index (χ0) is 8.97. The van der Waals surface area contributed by atoms with Crippen molar-refractivity contribution in [2.45, 2.75) is 31.0 Å². The monoisotopic (exact) mass is 188 g/mol. The Kier molecular flexibility index (Phi) is 3.46. The summed E-state index contributed by atoms with van der Waals surface area (Å²) in [6.45, 7) is 2.89. The van der Waals surface area contributed by atoms with E-state index in [0.29, 0.717) is 0 Å². The maximum Gasteiger partial charge on any atom is 0.366 e. The van der Waals surface area contributed by atoms with Crippen molar-refractivity contribution >= 4 is 15.5 Å². The van der Waals surface area contributed by atoms with Gasteiger partial charge < -0.3 is 4.74 Å². The number of hydrogen-bond donors (Lipinski definition) is 0. The Morgan fingerprint density at radius 2 is 2.08 bits per heavy atom. The largest absolute Gasteiger partial charge is 0.457 e. The van der Waals surface area contributed by atoms with Gasteiger partial charge in [0.15, 0.2) is 0 Å². The summed E-state index contributed by atoms with van der Waals surface area (Å²) in [5, 5.41) is 0. The molecule has 0 amide bonds. The smallest absolute Gasteiger partial charge is 0.366 e. The Hall–Kier alpha value is -0.643. The number of rotatable bonds is 2. The molecule has 0 atom stereocenters. The molecule has 1 saturated heterocycles. The molecular weight excluding hydrogens is 175 g/mol. The maximum absolute atomic E-state index is 12.2. The van der Waals surface area contributed by atoms with Crippen LogP contribution in [0.4, 0.5) is 4.39 Å². The van der Waals surface area contributed by atoms with E-state index in [4.69, 9.17) is 4.74 Å². The lowest BCUT2D eigenvalue weighted by molar-refractivity contribution is -0.146. The number of hydrogen-bond acceptors (Lipinski definition) is 2. The summed E-state index contributed by atoms with van der Waals surface area (Å²) in [4.78, 5) is 10.7. The van der Waals surface area contributed by atoms with Gasteiger partial charge in [0.05, 0.1) is 0 Å². The van der Waals surface area contributed by atoms with Crippen molar-refractivity contribution in [2.75, 3.05) is 0 Å². The molecule has 0 bridgehead atoms. The first-order chi connectivity index (χ1) is 5.70. The summed E-state index contributed by atoms with van der Waals surface area (Å²) in [6, 6.07) is 2.41. The van der Waals surface area contributed by atoms with Crippen LogP contribution in [0.15, 0.2) is 12.4 Å². The van der Waals surface area contributed by atoms with Crippen molar-refractivity contribution in [3.63, 3.8) is 0 Å². The van der Waals surface area contributed by atoms with E-state index in [1.807, 2.05) is 0 Å². The van der Waals surface area contributed by atoms with Gasteiger partial charge in [-0.15, -0.1) is 0 Å². The van der Waals surface area contributed by atoms with E-state index in [0.717, 1.165) is 12.8 Å². The van der Waals surface area contributed by atoms with Crippen LogP contribution in [0.25, 0.3) is 0 Å². The average molecular weight is 188 g/mol. The minimum atomic E-state index is -0.988. The Morgan fingerprint density at radius 3 is 2.58 bits per heavy atom. The Labute approximate surface area is 73.6 Å². The van der Waals surface area contributed by atoms with Crippen molar-refractivity contribution in [1.29, 1.82) is 0 Å². The van der Waals surface area contributed by atoms with E-state index in [1.165, 1.54) is 12.1 Å². The molecule has 1 rings (SSSR count). The number of carbonyl (C=O) groups excluding carboxylic acids is 1. The van der Waals surface area contributed by atoms with Crippen molar-refractivity contribution in [1.82, 2.24) is 0 Å². The number of ether oxygens (including phenoxy) is 1. The van der Waals surface area contributed by atoms with Gasteiger partial charge in [0.25, 0.3) is 0 Å². The maximum atomic E-state index is 12.2. The molecule has 0 aromatic rings. The van der Waals surface area contributed by atoms with Gasteiger partial charge in [0, 0.05) is 9.52 Å². The first-order valence-electron chi connectivity index (χ1n) is 4.25. The van der Waals surface area contributed by atoms with Crippen LogP contribution in [0.3, 0.4) is 0 Å². The topological polar surface area (TPSA) is 26.3 Å². The summed E-state index contributed by atoms with van der Waals surface area (Å²) in [5.41, 5.74) is 0. The number of carbonyl (C=O) groups is 1. The van der Waals surface area contributed by atoms with Crippen LogP contribution in [0.1, 0.15) is 12.8 Å². The van der Waals surface area contributed by atoms with Crippen LogP contribution < -0.4 is 0 Å². The molecule has 1 heterocycles. The molecule has 1 aliphatic rings. The molecule has 4 heteroatoms.